The number of hydrogen-bond donors (Lipinski definition) is 1. The zero-order chi connectivity index (χ0) is 20.4. The van der Waals surface area contributed by atoms with E-state index in [1.165, 1.54) is 0 Å². The van der Waals surface area contributed by atoms with Crippen LogP contribution in [0.25, 0.3) is 10.2 Å². The van der Waals surface area contributed by atoms with E-state index in [-0.39, 0.29) is 18.1 Å². The van der Waals surface area contributed by atoms with Crippen LogP contribution in [-0.2, 0) is 9.53 Å². The lowest BCUT2D eigenvalue weighted by atomic mass is 10.2. The van der Waals surface area contributed by atoms with Crippen LogP contribution in [0, 0.1) is 6.92 Å². The minimum absolute atomic E-state index is 0.0147. The fourth-order valence-electron chi connectivity index (χ4n) is 3.59. The normalized spacial score (nSPS) is 20.1. The largest absolute Gasteiger partial charge is 0.373 e. The number of hydrogen-bond acceptors (Lipinski definition) is 7. The first-order valence-electron chi connectivity index (χ1n) is 9.63. The highest BCUT2D eigenvalue weighted by Gasteiger charge is 2.24. The average Bonchev–Trinajstić information content (AvgIpc) is 3.04. The lowest BCUT2D eigenvalue weighted by Gasteiger charge is -2.34. The Labute approximate surface area is 178 Å². The molecule has 3 aromatic rings. The monoisotopic (exact) mass is 428 g/mol. The Hall–Kier alpha value is -2.00. The molecule has 152 valence electrons. The molecule has 1 amide bonds. The first kappa shape index (κ1) is 20.3. The number of nitrogens with one attached hydrogen (secondary N) is 1. The lowest BCUT2D eigenvalue weighted by Crippen LogP contribution is -2.48. The van der Waals surface area contributed by atoms with Crippen molar-refractivity contribution in [3.8, 4) is 0 Å². The number of nitrogens with zero attached hydrogens (tertiary/aromatic N) is 3. The van der Waals surface area contributed by atoms with Gasteiger partial charge in [0, 0.05) is 18.0 Å². The molecule has 6 nitrogen and oxygen atoms in total. The molecule has 0 radical (unpaired) electrons. The molecule has 1 saturated heterocycles. The number of thiophene rings is 1. The van der Waals surface area contributed by atoms with Gasteiger partial charge in [0.15, 0.2) is 0 Å². The van der Waals surface area contributed by atoms with Gasteiger partial charge in [-0.25, -0.2) is 9.97 Å². The van der Waals surface area contributed by atoms with Gasteiger partial charge in [0.1, 0.15) is 11.4 Å². The Morgan fingerprint density at radius 2 is 2.03 bits per heavy atom. The van der Waals surface area contributed by atoms with Crippen LogP contribution in [0.15, 0.2) is 45.9 Å². The highest BCUT2D eigenvalue weighted by Crippen LogP contribution is 2.38. The molecule has 29 heavy (non-hydrogen) atoms. The van der Waals surface area contributed by atoms with Gasteiger partial charge in [-0.1, -0.05) is 23.9 Å². The van der Waals surface area contributed by atoms with E-state index in [1.54, 1.807) is 29.4 Å². The van der Waals surface area contributed by atoms with Crippen molar-refractivity contribution in [2.75, 3.05) is 25.0 Å². The summed E-state index contributed by atoms with van der Waals surface area (Å²) in [4.78, 5) is 24.7. The maximum absolute atomic E-state index is 12.7. The highest BCUT2D eigenvalue weighted by molar-refractivity contribution is 7.99. The summed E-state index contributed by atoms with van der Waals surface area (Å²) in [7, 11) is 0. The molecule has 0 bridgehead atoms. The van der Waals surface area contributed by atoms with E-state index in [1.807, 2.05) is 38.1 Å². The van der Waals surface area contributed by atoms with E-state index >= 15 is 0 Å². The molecule has 1 fully saturated rings. The molecule has 1 N–H and O–H groups in total. The fraction of sp³-hybridized carbons (Fsp3) is 0.381. The number of amides is 1. The second kappa shape index (κ2) is 8.79. The number of fused-ring (bicyclic) bond motifs is 1. The summed E-state index contributed by atoms with van der Waals surface area (Å²) in [6.07, 6.45) is 1.89. The second-order valence-electron chi connectivity index (χ2n) is 7.37. The minimum atomic E-state index is -0.0147. The highest BCUT2D eigenvalue weighted by atomic mass is 32.2. The zero-order valence-electron chi connectivity index (χ0n) is 16.7. The predicted octanol–water partition coefficient (Wildman–Crippen LogP) is 4.20. The summed E-state index contributed by atoms with van der Waals surface area (Å²) in [6, 6.07) is 7.85. The fourth-order valence-corrected chi connectivity index (χ4v) is 5.62. The van der Waals surface area contributed by atoms with Crippen LogP contribution in [-0.4, -0.2) is 52.6 Å². The number of aromatic nitrogens is 2. The predicted molar refractivity (Wildman–Crippen MR) is 118 cm³/mol. The van der Waals surface area contributed by atoms with Gasteiger partial charge in [-0.3, -0.25) is 9.69 Å². The van der Waals surface area contributed by atoms with E-state index < -0.39 is 0 Å². The molecule has 2 aromatic heterocycles. The number of para-hydroxylation sites is 1. The SMILES string of the molecule is Cc1csc2c(Sc3ccccc3NC(=O)CN3CC(C)OC(C)C3)ncnc12. The third kappa shape index (κ3) is 4.78. The molecule has 3 heterocycles. The van der Waals surface area contributed by atoms with E-state index in [2.05, 4.69) is 32.5 Å². The average molecular weight is 429 g/mol. The number of aryl methyl sites for hydroxylation is 1. The van der Waals surface area contributed by atoms with Gasteiger partial charge >= 0.3 is 0 Å². The Bertz CT molecular complexity index is 1010. The maximum Gasteiger partial charge on any atom is 0.238 e. The summed E-state index contributed by atoms with van der Waals surface area (Å²) in [5, 5.41) is 6.09. The molecule has 8 heteroatoms. The van der Waals surface area contributed by atoms with Crippen molar-refractivity contribution in [3.63, 3.8) is 0 Å². The summed E-state index contributed by atoms with van der Waals surface area (Å²) in [5.74, 6) is -0.0147. The third-order valence-corrected chi connectivity index (χ3v) is 7.03. The molecular weight excluding hydrogens is 404 g/mol. The number of benzene rings is 1. The van der Waals surface area contributed by atoms with Gasteiger partial charge in [0.05, 0.1) is 34.7 Å². The van der Waals surface area contributed by atoms with Crippen LogP contribution >= 0.6 is 23.1 Å². The van der Waals surface area contributed by atoms with Gasteiger partial charge in [-0.05, 0) is 43.8 Å². The molecule has 1 aromatic carbocycles. The van der Waals surface area contributed by atoms with Crippen molar-refractivity contribution in [1.82, 2.24) is 14.9 Å². The van der Waals surface area contributed by atoms with Crippen molar-refractivity contribution in [3.05, 3.63) is 41.5 Å². The van der Waals surface area contributed by atoms with Crippen LogP contribution < -0.4 is 5.32 Å². The molecule has 2 atom stereocenters. The molecule has 0 spiro atoms. The van der Waals surface area contributed by atoms with Gasteiger partial charge in [0.25, 0.3) is 0 Å². The third-order valence-electron chi connectivity index (χ3n) is 4.73. The van der Waals surface area contributed by atoms with Gasteiger partial charge in [-0.15, -0.1) is 11.3 Å². The molecule has 4 rings (SSSR count). The Morgan fingerprint density at radius 1 is 1.28 bits per heavy atom. The molecule has 0 aliphatic carbocycles. The van der Waals surface area contributed by atoms with Crippen molar-refractivity contribution in [1.29, 1.82) is 0 Å². The van der Waals surface area contributed by atoms with Crippen molar-refractivity contribution in [2.24, 2.45) is 0 Å². The smallest absolute Gasteiger partial charge is 0.238 e. The molecule has 1 aliphatic heterocycles. The summed E-state index contributed by atoms with van der Waals surface area (Å²) < 4.78 is 6.83. The van der Waals surface area contributed by atoms with Gasteiger partial charge < -0.3 is 10.1 Å². The van der Waals surface area contributed by atoms with Gasteiger partial charge in [0.2, 0.25) is 5.91 Å². The van der Waals surface area contributed by atoms with Crippen molar-refractivity contribution in [2.45, 2.75) is 42.9 Å². The number of morpholine rings is 1. The Morgan fingerprint density at radius 3 is 2.83 bits per heavy atom. The first-order chi connectivity index (χ1) is 14.0. The topological polar surface area (TPSA) is 67.4 Å². The quantitative estimate of drug-likeness (QED) is 0.615. The van der Waals surface area contributed by atoms with Crippen LogP contribution in [0.2, 0.25) is 0 Å². The van der Waals surface area contributed by atoms with Crippen LogP contribution in [0.3, 0.4) is 0 Å². The number of carbonyl (C=O) groups is 1. The molecule has 0 saturated carbocycles. The van der Waals surface area contributed by atoms with Crippen LogP contribution in [0.5, 0.6) is 0 Å². The number of rotatable bonds is 5. The van der Waals surface area contributed by atoms with E-state index in [9.17, 15) is 4.79 Å². The first-order valence-corrected chi connectivity index (χ1v) is 11.3. The van der Waals surface area contributed by atoms with Crippen molar-refractivity contribution < 1.29 is 9.53 Å². The number of anilines is 1. The Kier molecular flexibility index (Phi) is 6.15. The Balaban J connectivity index is 1.49. The van der Waals surface area contributed by atoms with E-state index in [0.717, 1.165) is 44.5 Å². The second-order valence-corrected chi connectivity index (χ2v) is 9.28. The summed E-state index contributed by atoms with van der Waals surface area (Å²) >= 11 is 3.21. The van der Waals surface area contributed by atoms with Crippen molar-refractivity contribution >= 4 is 44.9 Å². The van der Waals surface area contributed by atoms with E-state index in [4.69, 9.17) is 4.74 Å². The number of carbonyl (C=O) groups excluding carboxylic acids is 1. The molecule has 1 aliphatic rings. The number of ether oxygens (including phenoxy) is 1. The summed E-state index contributed by atoms with van der Waals surface area (Å²) in [5.41, 5.74) is 2.95. The standard InChI is InChI=1S/C21H24N4O2S2/c1-13-11-28-20-19(13)22-12-23-21(20)29-17-7-5-4-6-16(17)24-18(26)10-25-8-14(2)27-15(3)9-25/h4-7,11-12,14-15H,8-10H2,1-3H3,(H,24,26). The van der Waals surface area contributed by atoms with Crippen LogP contribution in [0.1, 0.15) is 19.4 Å². The molecule has 2 unspecified atom stereocenters. The summed E-state index contributed by atoms with van der Waals surface area (Å²) in [6.45, 7) is 8.04. The minimum Gasteiger partial charge on any atom is -0.373 e. The lowest BCUT2D eigenvalue weighted by molar-refractivity contribution is -0.121. The molecular formula is C21H24N4O2S2. The maximum atomic E-state index is 12.7. The zero-order valence-corrected chi connectivity index (χ0v) is 18.3. The van der Waals surface area contributed by atoms with Gasteiger partial charge in [-0.2, -0.15) is 0 Å². The van der Waals surface area contributed by atoms with Crippen LogP contribution in [0.4, 0.5) is 5.69 Å². The van der Waals surface area contributed by atoms with E-state index in [0.29, 0.717) is 6.54 Å².